The molecule has 0 unspecified atom stereocenters. The molecule has 0 aliphatic heterocycles. The molecule has 0 bridgehead atoms. The average Bonchev–Trinajstić information content (AvgIpc) is 3.25. The van der Waals surface area contributed by atoms with Crippen LogP contribution in [0, 0.1) is 5.82 Å². The number of nitrogens with one attached hydrogen (secondary N) is 1. The Morgan fingerprint density at radius 2 is 1.86 bits per heavy atom. The molecule has 0 radical (unpaired) electrons. The van der Waals surface area contributed by atoms with E-state index in [2.05, 4.69) is 10.3 Å². The quantitative estimate of drug-likeness (QED) is 0.465. The van der Waals surface area contributed by atoms with E-state index in [1.165, 1.54) is 35.6 Å². The number of alkyl halides is 3. The lowest BCUT2D eigenvalue weighted by atomic mass is 10.1. The van der Waals surface area contributed by atoms with Gasteiger partial charge in [-0.25, -0.2) is 9.37 Å². The molecule has 2 aromatic heterocycles. The Hall–Kier alpha value is -3.20. The van der Waals surface area contributed by atoms with E-state index in [9.17, 15) is 22.4 Å². The number of halogens is 4. The van der Waals surface area contributed by atoms with E-state index in [4.69, 9.17) is 0 Å². The molecule has 2 heterocycles. The van der Waals surface area contributed by atoms with Crippen LogP contribution in [0.5, 0.6) is 0 Å². The first-order valence-corrected chi connectivity index (χ1v) is 9.30. The van der Waals surface area contributed by atoms with Crippen molar-refractivity contribution in [1.82, 2.24) is 14.7 Å². The van der Waals surface area contributed by atoms with Crippen LogP contribution in [0.15, 0.2) is 60.9 Å². The number of nitrogens with zero attached hydrogens (tertiary/aromatic N) is 2. The van der Waals surface area contributed by atoms with Crippen molar-refractivity contribution in [3.8, 4) is 10.4 Å². The van der Waals surface area contributed by atoms with Gasteiger partial charge in [-0.2, -0.15) is 13.2 Å². The fourth-order valence-electron chi connectivity index (χ4n) is 2.78. The lowest BCUT2D eigenvalue weighted by molar-refractivity contribution is -0.137. The Kier molecular flexibility index (Phi) is 4.83. The van der Waals surface area contributed by atoms with Crippen LogP contribution in [0.2, 0.25) is 0 Å². The molecule has 0 aliphatic rings. The summed E-state index contributed by atoms with van der Waals surface area (Å²) in [5.41, 5.74) is 0.569. The van der Waals surface area contributed by atoms with Gasteiger partial charge in [-0.1, -0.05) is 35.6 Å². The van der Waals surface area contributed by atoms with Gasteiger partial charge in [0, 0.05) is 18.9 Å². The molecular weight excluding hydrogens is 406 g/mol. The number of fused-ring (bicyclic) bond motifs is 1. The highest BCUT2D eigenvalue weighted by Crippen LogP contribution is 2.30. The number of thiazole rings is 1. The van der Waals surface area contributed by atoms with Crippen LogP contribution in [0.25, 0.3) is 15.4 Å². The highest BCUT2D eigenvalue weighted by Gasteiger charge is 2.30. The van der Waals surface area contributed by atoms with E-state index in [-0.39, 0.29) is 18.1 Å². The van der Waals surface area contributed by atoms with Crippen molar-refractivity contribution in [1.29, 1.82) is 0 Å². The molecule has 2 aromatic carbocycles. The third kappa shape index (κ3) is 4.14. The summed E-state index contributed by atoms with van der Waals surface area (Å²) in [7, 11) is 0. The van der Waals surface area contributed by atoms with Gasteiger partial charge >= 0.3 is 6.18 Å². The maximum atomic E-state index is 13.0. The van der Waals surface area contributed by atoms with Gasteiger partial charge in [-0.3, -0.25) is 9.20 Å². The third-order valence-electron chi connectivity index (χ3n) is 4.22. The Balaban J connectivity index is 1.46. The van der Waals surface area contributed by atoms with Crippen molar-refractivity contribution in [2.24, 2.45) is 0 Å². The number of rotatable bonds is 4. The zero-order valence-electron chi connectivity index (χ0n) is 14.7. The molecule has 0 fully saturated rings. The number of aromatic nitrogens is 2. The van der Waals surface area contributed by atoms with Crippen LogP contribution in [-0.2, 0) is 12.7 Å². The van der Waals surface area contributed by atoms with E-state index in [0.717, 1.165) is 22.6 Å². The number of hydrogen-bond donors (Lipinski definition) is 1. The maximum absolute atomic E-state index is 13.0. The molecule has 0 aliphatic carbocycles. The first-order valence-electron chi connectivity index (χ1n) is 8.48. The summed E-state index contributed by atoms with van der Waals surface area (Å²) in [5, 5.41) is 2.58. The first kappa shape index (κ1) is 19.1. The minimum atomic E-state index is -4.43. The van der Waals surface area contributed by atoms with Gasteiger partial charge in [0.2, 0.25) is 0 Å². The fourth-order valence-corrected chi connectivity index (χ4v) is 3.75. The Labute approximate surface area is 166 Å². The van der Waals surface area contributed by atoms with E-state index in [0.29, 0.717) is 10.5 Å². The molecule has 4 aromatic rings. The molecule has 0 atom stereocenters. The molecule has 1 amide bonds. The minimum Gasteiger partial charge on any atom is -0.347 e. The van der Waals surface area contributed by atoms with Crippen molar-refractivity contribution < 1.29 is 22.4 Å². The number of imidazole rings is 1. The molecule has 4 nitrogen and oxygen atoms in total. The molecule has 1 N–H and O–H groups in total. The zero-order valence-corrected chi connectivity index (χ0v) is 15.5. The number of amides is 1. The number of benzene rings is 2. The standard InChI is InChI=1S/C20H13F4N3OS/c21-15-6-4-13(5-7-15)17-11-27-10-16(26-19(27)29-17)18(28)25-9-12-2-1-3-14(8-12)20(22,23)24/h1-8,10-11H,9H2,(H,25,28). The number of carbonyl (C=O) groups is 1. The van der Waals surface area contributed by atoms with E-state index >= 15 is 0 Å². The van der Waals surface area contributed by atoms with Crippen LogP contribution in [0.3, 0.4) is 0 Å². The third-order valence-corrected chi connectivity index (χ3v) is 5.27. The summed E-state index contributed by atoms with van der Waals surface area (Å²) >= 11 is 1.34. The normalized spacial score (nSPS) is 11.7. The van der Waals surface area contributed by atoms with Crippen LogP contribution < -0.4 is 5.32 Å². The minimum absolute atomic E-state index is 0.0469. The van der Waals surface area contributed by atoms with E-state index in [1.807, 2.05) is 0 Å². The lowest BCUT2D eigenvalue weighted by Crippen LogP contribution is -2.23. The van der Waals surface area contributed by atoms with Gasteiger partial charge in [-0.05, 0) is 35.4 Å². The van der Waals surface area contributed by atoms with Crippen LogP contribution in [-0.4, -0.2) is 15.3 Å². The SMILES string of the molecule is O=C(NCc1cccc(C(F)(F)F)c1)c1cn2cc(-c3ccc(F)cc3)sc2n1. The van der Waals surface area contributed by atoms with Gasteiger partial charge in [0.15, 0.2) is 4.96 Å². The van der Waals surface area contributed by atoms with Crippen molar-refractivity contribution in [2.75, 3.05) is 0 Å². The second kappa shape index (κ2) is 7.32. The molecule has 148 valence electrons. The topological polar surface area (TPSA) is 46.4 Å². The Morgan fingerprint density at radius 3 is 2.55 bits per heavy atom. The van der Waals surface area contributed by atoms with Gasteiger partial charge in [0.1, 0.15) is 11.5 Å². The number of carbonyl (C=O) groups excluding carboxylic acids is 1. The number of hydrogen-bond acceptors (Lipinski definition) is 3. The highest BCUT2D eigenvalue weighted by atomic mass is 32.1. The van der Waals surface area contributed by atoms with Gasteiger partial charge in [-0.15, -0.1) is 0 Å². The second-order valence-electron chi connectivity index (χ2n) is 6.30. The van der Waals surface area contributed by atoms with Crippen LogP contribution >= 0.6 is 11.3 Å². The fraction of sp³-hybridized carbons (Fsp3) is 0.100. The molecule has 29 heavy (non-hydrogen) atoms. The molecule has 9 heteroatoms. The van der Waals surface area contributed by atoms with Gasteiger partial charge in [0.05, 0.1) is 10.4 Å². The maximum Gasteiger partial charge on any atom is 0.416 e. The predicted molar refractivity (Wildman–Crippen MR) is 101 cm³/mol. The largest absolute Gasteiger partial charge is 0.416 e. The summed E-state index contributed by atoms with van der Waals surface area (Å²) in [4.78, 5) is 18.0. The second-order valence-corrected chi connectivity index (χ2v) is 7.31. The predicted octanol–water partition coefficient (Wildman–Crippen LogP) is 5.15. The first-order chi connectivity index (χ1) is 13.8. The van der Waals surface area contributed by atoms with E-state index < -0.39 is 17.6 Å². The average molecular weight is 419 g/mol. The molecular formula is C20H13F4N3OS. The monoisotopic (exact) mass is 419 g/mol. The molecule has 0 saturated carbocycles. The van der Waals surface area contributed by atoms with Crippen LogP contribution in [0.1, 0.15) is 21.6 Å². The van der Waals surface area contributed by atoms with Crippen molar-refractivity contribution in [3.05, 3.63) is 83.6 Å². The zero-order chi connectivity index (χ0) is 20.6. The molecule has 4 rings (SSSR count). The lowest BCUT2D eigenvalue weighted by Gasteiger charge is -2.09. The highest BCUT2D eigenvalue weighted by molar-refractivity contribution is 7.20. The van der Waals surface area contributed by atoms with Crippen molar-refractivity contribution >= 4 is 22.2 Å². The van der Waals surface area contributed by atoms with Crippen molar-refractivity contribution in [2.45, 2.75) is 12.7 Å². The van der Waals surface area contributed by atoms with Gasteiger partial charge < -0.3 is 5.32 Å². The Morgan fingerprint density at radius 1 is 1.10 bits per heavy atom. The summed E-state index contributed by atoms with van der Waals surface area (Å²) in [5.74, 6) is -0.809. The summed E-state index contributed by atoms with van der Waals surface area (Å²) in [6, 6.07) is 10.8. The van der Waals surface area contributed by atoms with Crippen molar-refractivity contribution in [3.63, 3.8) is 0 Å². The summed E-state index contributed by atoms with van der Waals surface area (Å²) in [6.45, 7) is -0.0469. The van der Waals surface area contributed by atoms with Gasteiger partial charge in [0.25, 0.3) is 5.91 Å². The molecule has 0 saturated heterocycles. The smallest absolute Gasteiger partial charge is 0.347 e. The summed E-state index contributed by atoms with van der Waals surface area (Å²) in [6.07, 6.45) is -1.11. The molecule has 0 spiro atoms. The van der Waals surface area contributed by atoms with Crippen LogP contribution in [0.4, 0.5) is 17.6 Å². The summed E-state index contributed by atoms with van der Waals surface area (Å²) < 4.78 is 53.0. The van der Waals surface area contributed by atoms with E-state index in [1.54, 1.807) is 28.9 Å². The Bertz CT molecular complexity index is 1150.